The molecule has 0 aliphatic carbocycles. The van der Waals surface area contributed by atoms with Gasteiger partial charge in [0.15, 0.2) is 5.82 Å². The molecule has 0 fully saturated rings. The molecule has 0 atom stereocenters. The van der Waals surface area contributed by atoms with Crippen LogP contribution in [0.1, 0.15) is 24.6 Å². The standard InChI is InChI=1S/C15H19IN4O/c1-4-6-18-15-13(16)12(9-21-3)19-14(20-15)11-5-7-17-8-10(11)2/h5,7-8H,4,6,9H2,1-3H3,(H,18,19,20). The molecular weight excluding hydrogens is 379 g/mol. The van der Waals surface area contributed by atoms with E-state index in [-0.39, 0.29) is 0 Å². The molecule has 112 valence electrons. The highest BCUT2D eigenvalue weighted by atomic mass is 127. The molecule has 0 spiro atoms. The number of hydrogen-bond acceptors (Lipinski definition) is 5. The van der Waals surface area contributed by atoms with Gasteiger partial charge in [-0.2, -0.15) is 0 Å². The highest BCUT2D eigenvalue weighted by Gasteiger charge is 2.14. The lowest BCUT2D eigenvalue weighted by Crippen LogP contribution is -2.10. The van der Waals surface area contributed by atoms with Gasteiger partial charge < -0.3 is 10.1 Å². The van der Waals surface area contributed by atoms with Crippen LogP contribution in [0.5, 0.6) is 0 Å². The first-order chi connectivity index (χ1) is 10.2. The summed E-state index contributed by atoms with van der Waals surface area (Å²) in [6, 6.07) is 1.94. The second-order valence-corrected chi connectivity index (χ2v) is 5.79. The number of aryl methyl sites for hydroxylation is 1. The van der Waals surface area contributed by atoms with Crippen molar-refractivity contribution in [2.24, 2.45) is 0 Å². The Morgan fingerprint density at radius 2 is 2.14 bits per heavy atom. The van der Waals surface area contributed by atoms with Crippen molar-refractivity contribution in [2.75, 3.05) is 19.0 Å². The van der Waals surface area contributed by atoms with E-state index in [1.165, 1.54) is 0 Å². The quantitative estimate of drug-likeness (QED) is 0.756. The maximum absolute atomic E-state index is 5.25. The summed E-state index contributed by atoms with van der Waals surface area (Å²) >= 11 is 2.27. The number of anilines is 1. The fourth-order valence-corrected chi connectivity index (χ4v) is 2.52. The van der Waals surface area contributed by atoms with Gasteiger partial charge in [-0.25, -0.2) is 9.97 Å². The minimum Gasteiger partial charge on any atom is -0.378 e. The highest BCUT2D eigenvalue weighted by Crippen LogP contribution is 2.26. The van der Waals surface area contributed by atoms with Gasteiger partial charge in [0.1, 0.15) is 5.82 Å². The molecule has 2 rings (SSSR count). The van der Waals surface area contributed by atoms with Crippen molar-refractivity contribution >= 4 is 28.4 Å². The van der Waals surface area contributed by atoms with E-state index in [2.05, 4.69) is 49.8 Å². The number of nitrogens with one attached hydrogen (secondary N) is 1. The molecule has 6 heteroatoms. The van der Waals surface area contributed by atoms with Crippen LogP contribution in [0, 0.1) is 10.5 Å². The van der Waals surface area contributed by atoms with E-state index >= 15 is 0 Å². The van der Waals surface area contributed by atoms with Gasteiger partial charge in [0.25, 0.3) is 0 Å². The molecule has 0 aliphatic rings. The van der Waals surface area contributed by atoms with Crippen molar-refractivity contribution in [3.63, 3.8) is 0 Å². The Hall–Kier alpha value is -1.28. The molecule has 5 nitrogen and oxygen atoms in total. The predicted octanol–water partition coefficient (Wildman–Crippen LogP) is 3.42. The lowest BCUT2D eigenvalue weighted by molar-refractivity contribution is 0.181. The van der Waals surface area contributed by atoms with Gasteiger partial charge in [0, 0.05) is 31.6 Å². The number of nitrogens with zero attached hydrogens (tertiary/aromatic N) is 3. The van der Waals surface area contributed by atoms with E-state index in [0.717, 1.165) is 39.2 Å². The van der Waals surface area contributed by atoms with Crippen LogP contribution in [-0.2, 0) is 11.3 Å². The van der Waals surface area contributed by atoms with E-state index in [1.807, 2.05) is 19.2 Å². The van der Waals surface area contributed by atoms with Gasteiger partial charge >= 0.3 is 0 Å². The fourth-order valence-electron chi connectivity index (χ4n) is 1.93. The van der Waals surface area contributed by atoms with Gasteiger partial charge in [-0.3, -0.25) is 4.98 Å². The van der Waals surface area contributed by atoms with E-state index in [4.69, 9.17) is 4.74 Å². The van der Waals surface area contributed by atoms with E-state index < -0.39 is 0 Å². The summed E-state index contributed by atoms with van der Waals surface area (Å²) in [5.41, 5.74) is 2.96. The zero-order chi connectivity index (χ0) is 15.2. The smallest absolute Gasteiger partial charge is 0.162 e. The number of aromatic nitrogens is 3. The molecule has 0 aromatic carbocycles. The maximum Gasteiger partial charge on any atom is 0.162 e. The molecule has 2 aromatic heterocycles. The third-order valence-electron chi connectivity index (χ3n) is 3.00. The zero-order valence-corrected chi connectivity index (χ0v) is 14.6. The summed E-state index contributed by atoms with van der Waals surface area (Å²) in [4.78, 5) is 13.4. The van der Waals surface area contributed by atoms with Crippen molar-refractivity contribution in [1.82, 2.24) is 15.0 Å². The second-order valence-electron chi connectivity index (χ2n) is 4.71. The van der Waals surface area contributed by atoms with Crippen molar-refractivity contribution in [3.8, 4) is 11.4 Å². The Morgan fingerprint density at radius 3 is 2.81 bits per heavy atom. The molecule has 0 bridgehead atoms. The molecule has 21 heavy (non-hydrogen) atoms. The lowest BCUT2D eigenvalue weighted by atomic mass is 10.1. The van der Waals surface area contributed by atoms with E-state index in [0.29, 0.717) is 12.4 Å². The molecule has 0 saturated heterocycles. The first-order valence-electron chi connectivity index (χ1n) is 6.87. The van der Waals surface area contributed by atoms with Crippen LogP contribution in [0.3, 0.4) is 0 Å². The summed E-state index contributed by atoms with van der Waals surface area (Å²) in [5.74, 6) is 1.58. The molecule has 2 aromatic rings. The van der Waals surface area contributed by atoms with Gasteiger partial charge in [-0.15, -0.1) is 0 Å². The maximum atomic E-state index is 5.25. The first kappa shape index (κ1) is 16.1. The van der Waals surface area contributed by atoms with Crippen LogP contribution >= 0.6 is 22.6 Å². The third-order valence-corrected chi connectivity index (χ3v) is 4.14. The number of halogens is 1. The third kappa shape index (κ3) is 3.88. The molecule has 0 saturated carbocycles. The summed E-state index contributed by atoms with van der Waals surface area (Å²) in [6.45, 7) is 5.50. The molecule has 0 unspecified atom stereocenters. The SMILES string of the molecule is CCCNc1nc(-c2ccncc2C)nc(COC)c1I. The Labute approximate surface area is 138 Å². The lowest BCUT2D eigenvalue weighted by Gasteiger charge is -2.13. The zero-order valence-electron chi connectivity index (χ0n) is 12.5. The normalized spacial score (nSPS) is 10.7. The number of hydrogen-bond donors (Lipinski definition) is 1. The van der Waals surface area contributed by atoms with Gasteiger partial charge in [0.2, 0.25) is 0 Å². The van der Waals surface area contributed by atoms with Gasteiger partial charge in [-0.1, -0.05) is 6.92 Å². The second kappa shape index (κ2) is 7.65. The Bertz CT molecular complexity index is 619. The topological polar surface area (TPSA) is 59.9 Å². The van der Waals surface area contributed by atoms with E-state index in [1.54, 1.807) is 13.3 Å². The molecule has 1 N–H and O–H groups in total. The van der Waals surface area contributed by atoms with Crippen LogP contribution in [0.2, 0.25) is 0 Å². The number of ether oxygens (including phenoxy) is 1. The first-order valence-corrected chi connectivity index (χ1v) is 7.95. The monoisotopic (exact) mass is 398 g/mol. The van der Waals surface area contributed by atoms with Gasteiger partial charge in [0.05, 0.1) is 15.9 Å². The summed E-state index contributed by atoms with van der Waals surface area (Å²) in [5, 5.41) is 3.36. The molecular formula is C15H19IN4O. The minimum atomic E-state index is 0.471. The van der Waals surface area contributed by atoms with Crippen molar-refractivity contribution in [1.29, 1.82) is 0 Å². The number of pyridine rings is 1. The van der Waals surface area contributed by atoms with Crippen molar-refractivity contribution in [2.45, 2.75) is 26.9 Å². The largest absolute Gasteiger partial charge is 0.378 e. The van der Waals surface area contributed by atoms with Crippen LogP contribution in [0.4, 0.5) is 5.82 Å². The Kier molecular flexibility index (Phi) is 5.86. The number of rotatable bonds is 6. The van der Waals surface area contributed by atoms with Gasteiger partial charge in [-0.05, 0) is 47.6 Å². The Balaban J connectivity index is 2.50. The van der Waals surface area contributed by atoms with Crippen LogP contribution in [0.15, 0.2) is 18.5 Å². The van der Waals surface area contributed by atoms with Crippen LogP contribution in [-0.4, -0.2) is 28.6 Å². The average Bonchev–Trinajstić information content (AvgIpc) is 2.49. The van der Waals surface area contributed by atoms with Crippen LogP contribution < -0.4 is 5.32 Å². The van der Waals surface area contributed by atoms with E-state index in [9.17, 15) is 0 Å². The summed E-state index contributed by atoms with van der Waals surface area (Å²) in [6.07, 6.45) is 4.63. The minimum absolute atomic E-state index is 0.471. The average molecular weight is 398 g/mol. The fraction of sp³-hybridized carbons (Fsp3) is 0.400. The number of methoxy groups -OCH3 is 1. The van der Waals surface area contributed by atoms with Crippen LogP contribution in [0.25, 0.3) is 11.4 Å². The molecule has 0 aliphatic heterocycles. The molecule has 0 amide bonds. The summed E-state index contributed by atoms with van der Waals surface area (Å²) < 4.78 is 6.27. The predicted molar refractivity (Wildman–Crippen MR) is 92.2 cm³/mol. The van der Waals surface area contributed by atoms with Crippen molar-refractivity contribution in [3.05, 3.63) is 33.3 Å². The Morgan fingerprint density at radius 1 is 1.33 bits per heavy atom. The van der Waals surface area contributed by atoms with Crippen molar-refractivity contribution < 1.29 is 4.74 Å². The highest BCUT2D eigenvalue weighted by molar-refractivity contribution is 14.1. The summed E-state index contributed by atoms with van der Waals surface area (Å²) in [7, 11) is 1.68. The molecule has 2 heterocycles. The molecule has 0 radical (unpaired) electrons.